The number of carbonyl (C=O) groups excluding carboxylic acids is 1. The molecule has 0 spiro atoms. The maximum Gasteiger partial charge on any atom is 0.236 e. The van der Waals surface area contributed by atoms with E-state index in [-0.39, 0.29) is 11.9 Å². The Kier molecular flexibility index (Phi) is 4.94. The SMILES string of the molecule is CCCCC(N)C(=O)NC. The van der Waals surface area contributed by atoms with Crippen LogP contribution in [0.1, 0.15) is 26.2 Å². The third-order valence-electron chi connectivity index (χ3n) is 1.45. The molecule has 3 nitrogen and oxygen atoms in total. The van der Waals surface area contributed by atoms with Gasteiger partial charge in [-0.25, -0.2) is 0 Å². The number of hydrogen-bond acceptors (Lipinski definition) is 2. The Labute approximate surface area is 62.0 Å². The molecular formula is C7H16N2O. The number of nitrogens with one attached hydrogen (secondary N) is 1. The lowest BCUT2D eigenvalue weighted by atomic mass is 10.1. The number of rotatable bonds is 4. The third-order valence-corrected chi connectivity index (χ3v) is 1.45. The van der Waals surface area contributed by atoms with Crippen molar-refractivity contribution in [3.63, 3.8) is 0 Å². The summed E-state index contributed by atoms with van der Waals surface area (Å²) in [6, 6.07) is -0.315. The molecule has 0 aliphatic heterocycles. The summed E-state index contributed by atoms with van der Waals surface area (Å²) < 4.78 is 0. The minimum Gasteiger partial charge on any atom is -0.358 e. The summed E-state index contributed by atoms with van der Waals surface area (Å²) in [7, 11) is 1.61. The number of amides is 1. The number of nitrogens with two attached hydrogens (primary N) is 1. The van der Waals surface area contributed by atoms with Gasteiger partial charge in [0.25, 0.3) is 0 Å². The van der Waals surface area contributed by atoms with E-state index in [1.165, 1.54) is 0 Å². The second-order valence-electron chi connectivity index (χ2n) is 2.36. The van der Waals surface area contributed by atoms with Crippen LogP contribution in [0.2, 0.25) is 0 Å². The predicted molar refractivity (Wildman–Crippen MR) is 41.6 cm³/mol. The van der Waals surface area contributed by atoms with Gasteiger partial charge >= 0.3 is 0 Å². The van der Waals surface area contributed by atoms with Gasteiger partial charge in [0.2, 0.25) is 5.91 Å². The minimum absolute atomic E-state index is 0.0616. The molecule has 3 N–H and O–H groups in total. The fraction of sp³-hybridized carbons (Fsp3) is 0.857. The van der Waals surface area contributed by atoms with E-state index in [0.29, 0.717) is 0 Å². The molecule has 0 radical (unpaired) electrons. The molecule has 0 aromatic rings. The molecule has 0 fully saturated rings. The Morgan fingerprint density at radius 3 is 2.70 bits per heavy atom. The highest BCUT2D eigenvalue weighted by Crippen LogP contribution is 1.97. The molecule has 0 aliphatic rings. The van der Waals surface area contributed by atoms with Crippen molar-refractivity contribution in [2.24, 2.45) is 5.73 Å². The van der Waals surface area contributed by atoms with E-state index < -0.39 is 0 Å². The number of unbranched alkanes of at least 4 members (excludes halogenated alkanes) is 1. The van der Waals surface area contributed by atoms with Gasteiger partial charge in [-0.15, -0.1) is 0 Å². The van der Waals surface area contributed by atoms with Crippen LogP contribution in [0.15, 0.2) is 0 Å². The topological polar surface area (TPSA) is 55.1 Å². The molecular weight excluding hydrogens is 128 g/mol. The first kappa shape index (κ1) is 9.43. The summed E-state index contributed by atoms with van der Waals surface area (Å²) in [4.78, 5) is 10.8. The molecule has 60 valence electrons. The molecule has 0 aromatic carbocycles. The third kappa shape index (κ3) is 3.45. The number of likely N-dealkylation sites (N-methyl/N-ethyl adjacent to an activating group) is 1. The first-order chi connectivity index (χ1) is 4.72. The second kappa shape index (κ2) is 5.23. The van der Waals surface area contributed by atoms with Crippen LogP contribution in [-0.2, 0) is 4.79 Å². The van der Waals surface area contributed by atoms with Crippen molar-refractivity contribution in [3.8, 4) is 0 Å². The van der Waals surface area contributed by atoms with Gasteiger partial charge in [0.1, 0.15) is 0 Å². The van der Waals surface area contributed by atoms with Crippen LogP contribution in [0.25, 0.3) is 0 Å². The summed E-state index contributed by atoms with van der Waals surface area (Å²) in [6.45, 7) is 2.08. The quantitative estimate of drug-likeness (QED) is 0.594. The zero-order valence-corrected chi connectivity index (χ0v) is 6.68. The Morgan fingerprint density at radius 2 is 2.30 bits per heavy atom. The van der Waals surface area contributed by atoms with Crippen LogP contribution in [0.4, 0.5) is 0 Å². The number of carbonyl (C=O) groups is 1. The Morgan fingerprint density at radius 1 is 1.70 bits per heavy atom. The van der Waals surface area contributed by atoms with Crippen molar-refractivity contribution in [3.05, 3.63) is 0 Å². The fourth-order valence-corrected chi connectivity index (χ4v) is 0.741. The van der Waals surface area contributed by atoms with Gasteiger partial charge in [0, 0.05) is 7.05 Å². The number of hydrogen-bond donors (Lipinski definition) is 2. The van der Waals surface area contributed by atoms with Crippen molar-refractivity contribution in [1.29, 1.82) is 0 Å². The van der Waals surface area contributed by atoms with E-state index in [9.17, 15) is 4.79 Å². The molecule has 10 heavy (non-hydrogen) atoms. The molecule has 3 heteroatoms. The van der Waals surface area contributed by atoms with E-state index in [1.807, 2.05) is 0 Å². The molecule has 1 unspecified atom stereocenters. The first-order valence-corrected chi connectivity index (χ1v) is 3.69. The van der Waals surface area contributed by atoms with Gasteiger partial charge in [-0.1, -0.05) is 19.8 Å². The van der Waals surface area contributed by atoms with Gasteiger partial charge in [-0.2, -0.15) is 0 Å². The van der Waals surface area contributed by atoms with Gasteiger partial charge in [-0.05, 0) is 6.42 Å². The van der Waals surface area contributed by atoms with Crippen LogP contribution in [0, 0.1) is 0 Å². The fourth-order valence-electron chi connectivity index (χ4n) is 0.741. The molecule has 0 saturated heterocycles. The highest BCUT2D eigenvalue weighted by Gasteiger charge is 2.08. The standard InChI is InChI=1S/C7H16N2O/c1-3-4-5-6(8)7(10)9-2/h6H,3-5,8H2,1-2H3,(H,9,10). The molecule has 0 saturated carbocycles. The van der Waals surface area contributed by atoms with Gasteiger partial charge < -0.3 is 11.1 Å². The van der Waals surface area contributed by atoms with E-state index in [1.54, 1.807) is 7.05 Å². The van der Waals surface area contributed by atoms with Gasteiger partial charge in [-0.3, -0.25) is 4.79 Å². The van der Waals surface area contributed by atoms with E-state index in [4.69, 9.17) is 5.73 Å². The van der Waals surface area contributed by atoms with Crippen molar-refractivity contribution >= 4 is 5.91 Å². The normalized spacial score (nSPS) is 12.7. The molecule has 0 bridgehead atoms. The summed E-state index contributed by atoms with van der Waals surface area (Å²) in [6.07, 6.45) is 2.90. The van der Waals surface area contributed by atoms with E-state index >= 15 is 0 Å². The van der Waals surface area contributed by atoms with Crippen molar-refractivity contribution in [2.45, 2.75) is 32.2 Å². The van der Waals surface area contributed by atoms with Crippen LogP contribution in [-0.4, -0.2) is 19.0 Å². The maximum atomic E-state index is 10.8. The Bertz CT molecular complexity index is 104. The summed E-state index contributed by atoms with van der Waals surface area (Å²) in [5, 5.41) is 2.51. The first-order valence-electron chi connectivity index (χ1n) is 3.69. The monoisotopic (exact) mass is 144 g/mol. The Balaban J connectivity index is 3.41. The average Bonchev–Trinajstić information content (AvgIpc) is 1.98. The van der Waals surface area contributed by atoms with Gasteiger partial charge in [0.05, 0.1) is 6.04 Å². The smallest absolute Gasteiger partial charge is 0.236 e. The highest BCUT2D eigenvalue weighted by molar-refractivity contribution is 5.80. The van der Waals surface area contributed by atoms with E-state index in [0.717, 1.165) is 19.3 Å². The lowest BCUT2D eigenvalue weighted by Gasteiger charge is -2.07. The lowest BCUT2D eigenvalue weighted by molar-refractivity contribution is -0.122. The lowest BCUT2D eigenvalue weighted by Crippen LogP contribution is -2.38. The summed E-state index contributed by atoms with van der Waals surface area (Å²) in [5.41, 5.74) is 5.50. The van der Waals surface area contributed by atoms with Gasteiger partial charge in [0.15, 0.2) is 0 Å². The van der Waals surface area contributed by atoms with Crippen molar-refractivity contribution < 1.29 is 4.79 Å². The predicted octanol–water partition coefficient (Wildman–Crippen LogP) is 0.250. The van der Waals surface area contributed by atoms with Crippen LogP contribution >= 0.6 is 0 Å². The van der Waals surface area contributed by atoms with Crippen molar-refractivity contribution in [2.75, 3.05) is 7.05 Å². The van der Waals surface area contributed by atoms with E-state index in [2.05, 4.69) is 12.2 Å². The molecule has 0 aliphatic carbocycles. The summed E-state index contributed by atoms with van der Waals surface area (Å²) in [5.74, 6) is -0.0616. The molecule has 1 atom stereocenters. The molecule has 1 amide bonds. The summed E-state index contributed by atoms with van der Waals surface area (Å²) >= 11 is 0. The Hall–Kier alpha value is -0.570. The second-order valence-corrected chi connectivity index (χ2v) is 2.36. The van der Waals surface area contributed by atoms with Crippen LogP contribution in [0.3, 0.4) is 0 Å². The average molecular weight is 144 g/mol. The van der Waals surface area contributed by atoms with Crippen LogP contribution in [0.5, 0.6) is 0 Å². The largest absolute Gasteiger partial charge is 0.358 e. The van der Waals surface area contributed by atoms with Crippen LogP contribution < -0.4 is 11.1 Å². The molecule has 0 rings (SSSR count). The maximum absolute atomic E-state index is 10.8. The highest BCUT2D eigenvalue weighted by atomic mass is 16.2. The zero-order valence-electron chi connectivity index (χ0n) is 6.68. The van der Waals surface area contributed by atoms with Crippen molar-refractivity contribution in [1.82, 2.24) is 5.32 Å². The molecule has 0 aromatic heterocycles. The molecule has 0 heterocycles. The zero-order chi connectivity index (χ0) is 7.98. The minimum atomic E-state index is -0.315.